The molecule has 0 unspecified atom stereocenters. The normalized spacial score (nSPS) is 11.3. The van der Waals surface area contributed by atoms with Gasteiger partial charge >= 0.3 is 0 Å². The molecular formula is C20H19FN2O3S2. The van der Waals surface area contributed by atoms with Crippen LogP contribution in [0.4, 0.5) is 10.1 Å². The van der Waals surface area contributed by atoms with Crippen LogP contribution in [0.2, 0.25) is 0 Å². The molecule has 28 heavy (non-hydrogen) atoms. The van der Waals surface area contributed by atoms with Gasteiger partial charge in [-0.3, -0.25) is 9.52 Å². The Labute approximate surface area is 167 Å². The molecule has 1 amide bonds. The first-order chi connectivity index (χ1) is 13.1. The van der Waals surface area contributed by atoms with Gasteiger partial charge in [0.2, 0.25) is 10.0 Å². The lowest BCUT2D eigenvalue weighted by Crippen LogP contribution is -2.20. The van der Waals surface area contributed by atoms with Crippen LogP contribution in [-0.2, 0) is 10.0 Å². The zero-order chi connectivity index (χ0) is 20.5. The molecule has 146 valence electrons. The molecule has 0 aliphatic heterocycles. The van der Waals surface area contributed by atoms with E-state index in [4.69, 9.17) is 0 Å². The van der Waals surface area contributed by atoms with E-state index < -0.39 is 10.0 Å². The van der Waals surface area contributed by atoms with E-state index in [-0.39, 0.29) is 11.7 Å². The van der Waals surface area contributed by atoms with E-state index in [9.17, 15) is 17.6 Å². The Hall–Kier alpha value is -2.71. The number of carbonyl (C=O) groups is 1. The largest absolute Gasteiger partial charge is 0.344 e. The zero-order valence-electron chi connectivity index (χ0n) is 15.6. The number of thiophene rings is 1. The van der Waals surface area contributed by atoms with Crippen molar-refractivity contribution < 1.29 is 17.6 Å². The van der Waals surface area contributed by atoms with Gasteiger partial charge in [0, 0.05) is 30.2 Å². The number of amides is 1. The van der Waals surface area contributed by atoms with Crippen LogP contribution >= 0.6 is 11.3 Å². The molecule has 1 N–H and O–H groups in total. The molecule has 0 fully saturated rings. The lowest BCUT2D eigenvalue weighted by atomic mass is 10.0. The fourth-order valence-electron chi connectivity index (χ4n) is 2.68. The molecule has 8 heteroatoms. The number of rotatable bonds is 5. The standard InChI is InChI=1S/C20H19FN2O3S2/c1-23(2)20(24)18-12-17(19(27-18)14-4-8-15(21)9-5-14)13-6-10-16(11-7-13)22-28(3,25)26/h4-12,22H,1-3H3. The van der Waals surface area contributed by atoms with Gasteiger partial charge in [0.1, 0.15) is 5.82 Å². The molecule has 0 atom stereocenters. The third kappa shape index (κ3) is 4.58. The van der Waals surface area contributed by atoms with Crippen molar-refractivity contribution in [3.05, 3.63) is 65.3 Å². The second-order valence-corrected chi connectivity index (χ2v) is 9.31. The molecule has 0 saturated carbocycles. The van der Waals surface area contributed by atoms with Crippen molar-refractivity contribution in [3.63, 3.8) is 0 Å². The molecule has 0 radical (unpaired) electrons. The maximum Gasteiger partial charge on any atom is 0.263 e. The summed E-state index contributed by atoms with van der Waals surface area (Å²) in [4.78, 5) is 15.3. The van der Waals surface area contributed by atoms with E-state index in [0.717, 1.165) is 27.8 Å². The summed E-state index contributed by atoms with van der Waals surface area (Å²) in [6.45, 7) is 0. The Bertz CT molecular complexity index is 1100. The highest BCUT2D eigenvalue weighted by molar-refractivity contribution is 7.92. The topological polar surface area (TPSA) is 66.5 Å². The van der Waals surface area contributed by atoms with Crippen LogP contribution in [-0.4, -0.2) is 39.6 Å². The van der Waals surface area contributed by atoms with E-state index in [1.165, 1.54) is 28.4 Å². The second-order valence-electron chi connectivity index (χ2n) is 6.51. The Morgan fingerprint density at radius 1 is 1.00 bits per heavy atom. The molecule has 3 aromatic rings. The third-order valence-corrected chi connectivity index (χ3v) is 5.73. The van der Waals surface area contributed by atoms with Gasteiger partial charge in [-0.25, -0.2) is 12.8 Å². The molecule has 1 aromatic heterocycles. The van der Waals surface area contributed by atoms with E-state index >= 15 is 0 Å². The van der Waals surface area contributed by atoms with Crippen molar-refractivity contribution in [3.8, 4) is 21.6 Å². The minimum Gasteiger partial charge on any atom is -0.344 e. The molecule has 3 rings (SSSR count). The third-order valence-electron chi connectivity index (χ3n) is 3.95. The lowest BCUT2D eigenvalue weighted by molar-refractivity contribution is 0.0832. The molecule has 5 nitrogen and oxygen atoms in total. The molecule has 0 spiro atoms. The minimum absolute atomic E-state index is 0.116. The molecule has 0 bridgehead atoms. The Balaban J connectivity index is 2.08. The summed E-state index contributed by atoms with van der Waals surface area (Å²) in [7, 11) is 0.0107. The van der Waals surface area contributed by atoms with Crippen LogP contribution in [0.3, 0.4) is 0 Å². The summed E-state index contributed by atoms with van der Waals surface area (Å²) in [5.74, 6) is -0.447. The number of nitrogens with zero attached hydrogens (tertiary/aromatic N) is 1. The summed E-state index contributed by atoms with van der Waals surface area (Å²) in [5.41, 5.74) is 2.91. The summed E-state index contributed by atoms with van der Waals surface area (Å²) in [5, 5.41) is 0. The number of hydrogen-bond donors (Lipinski definition) is 1. The first kappa shape index (κ1) is 20.0. The number of hydrogen-bond acceptors (Lipinski definition) is 4. The minimum atomic E-state index is -3.36. The fraction of sp³-hybridized carbons (Fsp3) is 0.150. The van der Waals surface area contributed by atoms with Gasteiger partial charge in [-0.1, -0.05) is 24.3 Å². The van der Waals surface area contributed by atoms with E-state index in [1.807, 2.05) is 6.07 Å². The number of nitrogens with one attached hydrogen (secondary N) is 1. The van der Waals surface area contributed by atoms with Gasteiger partial charge in [-0.15, -0.1) is 11.3 Å². The number of sulfonamides is 1. The average Bonchev–Trinajstić information content (AvgIpc) is 3.06. The molecule has 0 aliphatic carbocycles. The van der Waals surface area contributed by atoms with Crippen molar-refractivity contribution in [1.82, 2.24) is 4.90 Å². The average molecular weight is 419 g/mol. The SMILES string of the molecule is CN(C)C(=O)c1cc(-c2ccc(NS(C)(=O)=O)cc2)c(-c2ccc(F)cc2)s1. The number of carbonyl (C=O) groups excluding carboxylic acids is 1. The molecule has 1 heterocycles. The maximum absolute atomic E-state index is 13.3. The monoisotopic (exact) mass is 418 g/mol. The Kier molecular flexibility index (Phi) is 5.53. The smallest absolute Gasteiger partial charge is 0.263 e. The Morgan fingerprint density at radius 3 is 2.11 bits per heavy atom. The quantitative estimate of drug-likeness (QED) is 0.672. The summed E-state index contributed by atoms with van der Waals surface area (Å²) < 4.78 is 38.5. The van der Waals surface area contributed by atoms with Gasteiger partial charge in [-0.2, -0.15) is 0 Å². The molecular weight excluding hydrogens is 399 g/mol. The van der Waals surface area contributed by atoms with E-state index in [0.29, 0.717) is 10.6 Å². The van der Waals surface area contributed by atoms with Crippen LogP contribution in [0.25, 0.3) is 21.6 Å². The summed E-state index contributed by atoms with van der Waals surface area (Å²) >= 11 is 1.34. The summed E-state index contributed by atoms with van der Waals surface area (Å²) in [6.07, 6.45) is 1.09. The Morgan fingerprint density at radius 2 is 1.57 bits per heavy atom. The van der Waals surface area contributed by atoms with E-state index in [1.54, 1.807) is 50.5 Å². The number of anilines is 1. The second kappa shape index (κ2) is 7.73. The number of halogens is 1. The molecule has 0 saturated heterocycles. The molecule has 0 aliphatic rings. The van der Waals surface area contributed by atoms with E-state index in [2.05, 4.69) is 4.72 Å². The van der Waals surface area contributed by atoms with Gasteiger partial charge in [0.25, 0.3) is 5.91 Å². The highest BCUT2D eigenvalue weighted by Crippen LogP contribution is 2.40. The lowest BCUT2D eigenvalue weighted by Gasteiger charge is -2.07. The predicted octanol–water partition coefficient (Wildman–Crippen LogP) is 4.29. The van der Waals surface area contributed by atoms with Gasteiger partial charge in [0.05, 0.1) is 11.1 Å². The van der Waals surface area contributed by atoms with Crippen LogP contribution in [0.1, 0.15) is 9.67 Å². The van der Waals surface area contributed by atoms with Crippen LogP contribution in [0.5, 0.6) is 0 Å². The first-order valence-corrected chi connectivity index (χ1v) is 11.0. The van der Waals surface area contributed by atoms with Crippen molar-refractivity contribution in [2.75, 3.05) is 25.1 Å². The number of benzene rings is 2. The first-order valence-electron chi connectivity index (χ1n) is 8.34. The maximum atomic E-state index is 13.3. The summed E-state index contributed by atoms with van der Waals surface area (Å²) in [6, 6.07) is 14.8. The highest BCUT2D eigenvalue weighted by Gasteiger charge is 2.18. The van der Waals surface area contributed by atoms with Crippen LogP contribution < -0.4 is 4.72 Å². The molecule has 2 aromatic carbocycles. The van der Waals surface area contributed by atoms with Crippen LogP contribution in [0.15, 0.2) is 54.6 Å². The van der Waals surface area contributed by atoms with Gasteiger partial charge in [-0.05, 0) is 41.5 Å². The highest BCUT2D eigenvalue weighted by atomic mass is 32.2. The zero-order valence-corrected chi connectivity index (χ0v) is 17.2. The van der Waals surface area contributed by atoms with Crippen molar-refractivity contribution >= 4 is 33.0 Å². The van der Waals surface area contributed by atoms with Gasteiger partial charge in [0.15, 0.2) is 0 Å². The van der Waals surface area contributed by atoms with Crippen LogP contribution in [0, 0.1) is 5.82 Å². The van der Waals surface area contributed by atoms with Crippen molar-refractivity contribution in [2.45, 2.75) is 0 Å². The van der Waals surface area contributed by atoms with Crippen molar-refractivity contribution in [1.29, 1.82) is 0 Å². The predicted molar refractivity (Wildman–Crippen MR) is 112 cm³/mol. The fourth-order valence-corrected chi connectivity index (χ4v) is 4.45. The van der Waals surface area contributed by atoms with Crippen molar-refractivity contribution in [2.24, 2.45) is 0 Å². The van der Waals surface area contributed by atoms with Gasteiger partial charge < -0.3 is 4.90 Å².